The van der Waals surface area contributed by atoms with Crippen LogP contribution in [0.2, 0.25) is 10.0 Å². The molecule has 7 aromatic rings. The Morgan fingerprint density at radius 3 is 1.84 bits per heavy atom. The zero-order valence-corrected chi connectivity index (χ0v) is 57.2. The van der Waals surface area contributed by atoms with Crippen molar-refractivity contribution < 1.29 is 83.5 Å². The highest BCUT2D eigenvalue weighted by Crippen LogP contribution is 2.49. The van der Waals surface area contributed by atoms with Crippen molar-refractivity contribution in [3.63, 3.8) is 0 Å². The van der Waals surface area contributed by atoms with Crippen molar-refractivity contribution >= 4 is 64.6 Å². The molecule has 0 spiro atoms. The van der Waals surface area contributed by atoms with Gasteiger partial charge >= 0.3 is 0 Å². The molecular weight excluding hydrogens is 1360 g/mol. The van der Waals surface area contributed by atoms with Crippen LogP contribution in [0.3, 0.4) is 0 Å². The number of unbranched alkanes of at least 4 members (excludes halogenated alkanes) is 6. The number of benzene rings is 7. The van der Waals surface area contributed by atoms with Crippen molar-refractivity contribution in [1.29, 1.82) is 0 Å². The second-order valence-electron chi connectivity index (χ2n) is 25.8. The number of nitrogens with one attached hydrogen (secondary N) is 8. The molecular formula is C73H78Cl2N10O17. The molecule has 0 fully saturated rings. The van der Waals surface area contributed by atoms with Crippen LogP contribution in [0.4, 0.5) is 0 Å². The smallest absolute Gasteiger partial charge is 0.248 e. The lowest BCUT2D eigenvalue weighted by atomic mass is 9.87. The Morgan fingerprint density at radius 2 is 1.16 bits per heavy atom. The standard InChI is InChI=1S/C73H78Cl2N10O17/c1-4-5-6-7-8-9-10-20-77-34-45-51(89)33-44-57(65(45)91)43-27-37(14-16-49(43)87)59-70(96)84-63(73(99)83-62(44)69(95)78-21-11-22-85(2)3)64(90)38-15-19-53(47(75)28-38)102-56-31-40-30-55(66(56)92)101-52-18-12-35(23-46(52)74)24-48-67(93)80-60(71(97)82-61(40)72(98)81-59)39-25-41(86)32-42(26-39)100-54-29-36(13-17-50(54)88)58(76)68(94)79-48/h12-19,23,25-33,48,58-64,77,86-92H,4-11,20-22,24,34,76H2,1-3H3,(H,78,95)(H,79,94)(H,80,93)(H,81,98)(H,82,97)(H,83,99)(H,84,96)/t48-,58+,59-,60-,61-,62-,63-,64?/m0/s1. The van der Waals surface area contributed by atoms with E-state index in [0.29, 0.717) is 25.1 Å². The molecule has 6 aliphatic rings. The maximum Gasteiger partial charge on any atom is 0.248 e. The van der Waals surface area contributed by atoms with Crippen LogP contribution in [0.25, 0.3) is 11.1 Å². The fraction of sp³-hybridized carbons (Fsp3) is 0.329. The van der Waals surface area contributed by atoms with E-state index in [2.05, 4.69) is 49.5 Å². The van der Waals surface area contributed by atoms with E-state index in [0.717, 1.165) is 81.3 Å². The van der Waals surface area contributed by atoms with Gasteiger partial charge in [0.15, 0.2) is 23.0 Å². The summed E-state index contributed by atoms with van der Waals surface area (Å²) >= 11 is 13.9. The minimum atomic E-state index is -2.16. The highest BCUT2D eigenvalue weighted by molar-refractivity contribution is 6.32. The molecule has 0 saturated heterocycles. The summed E-state index contributed by atoms with van der Waals surface area (Å²) in [5.74, 6) is -13.2. The van der Waals surface area contributed by atoms with Gasteiger partial charge in [0.2, 0.25) is 47.1 Å². The fourth-order valence-corrected chi connectivity index (χ4v) is 13.1. The van der Waals surface area contributed by atoms with Gasteiger partial charge in [-0.1, -0.05) is 92.9 Å². The maximum absolute atomic E-state index is 16.1. The number of nitrogens with zero attached hydrogens (tertiary/aromatic N) is 1. The van der Waals surface area contributed by atoms with Crippen molar-refractivity contribution in [3.05, 3.63) is 164 Å². The van der Waals surface area contributed by atoms with E-state index < -0.39 is 136 Å². The predicted octanol–water partition coefficient (Wildman–Crippen LogP) is 7.81. The van der Waals surface area contributed by atoms with Gasteiger partial charge in [-0.25, -0.2) is 0 Å². The van der Waals surface area contributed by atoms with E-state index in [1.54, 1.807) is 0 Å². The summed E-state index contributed by atoms with van der Waals surface area (Å²) in [4.78, 5) is 109. The van der Waals surface area contributed by atoms with E-state index in [4.69, 9.17) is 43.1 Å². The first kappa shape index (κ1) is 72.7. The van der Waals surface area contributed by atoms with Crippen molar-refractivity contribution in [2.75, 3.05) is 33.7 Å². The largest absolute Gasteiger partial charge is 0.508 e. The third-order valence-corrected chi connectivity index (χ3v) is 18.7. The first-order valence-corrected chi connectivity index (χ1v) is 34.0. The van der Waals surface area contributed by atoms with Crippen LogP contribution in [0.15, 0.2) is 109 Å². The Kier molecular flexibility index (Phi) is 22.5. The molecule has 7 amide bonds. The molecule has 0 saturated carbocycles. The lowest BCUT2D eigenvalue weighted by Gasteiger charge is -2.32. The van der Waals surface area contributed by atoms with Crippen LogP contribution < -0.4 is 62.5 Å². The Bertz CT molecular complexity index is 4430. The molecule has 17 bridgehead atoms. The summed E-state index contributed by atoms with van der Waals surface area (Å²) in [6.45, 7) is 3.02. The molecule has 102 heavy (non-hydrogen) atoms. The van der Waals surface area contributed by atoms with Gasteiger partial charge < -0.3 is 103 Å². The van der Waals surface area contributed by atoms with Crippen LogP contribution in [0.5, 0.6) is 69.0 Å². The zero-order valence-electron chi connectivity index (χ0n) is 55.7. The third kappa shape index (κ3) is 16.3. The molecule has 17 N–H and O–H groups in total. The number of amides is 7. The van der Waals surface area contributed by atoms with Gasteiger partial charge in [0, 0.05) is 36.7 Å². The van der Waals surface area contributed by atoms with E-state index in [1.807, 2.05) is 19.0 Å². The summed E-state index contributed by atoms with van der Waals surface area (Å²) in [6, 6.07) is 8.80. The van der Waals surface area contributed by atoms with Crippen LogP contribution in [-0.2, 0) is 46.5 Å². The molecule has 536 valence electrons. The van der Waals surface area contributed by atoms with Crippen molar-refractivity contribution in [2.24, 2.45) is 5.73 Å². The minimum absolute atomic E-state index is 0.0483. The Labute approximate surface area is 595 Å². The molecule has 8 atom stereocenters. The van der Waals surface area contributed by atoms with E-state index >= 15 is 24.0 Å². The molecule has 0 radical (unpaired) electrons. The molecule has 0 aromatic heterocycles. The summed E-state index contributed by atoms with van der Waals surface area (Å²) in [5, 5.41) is 105. The van der Waals surface area contributed by atoms with Crippen LogP contribution in [0, 0.1) is 0 Å². The van der Waals surface area contributed by atoms with Crippen molar-refractivity contribution in [1.82, 2.24) is 47.4 Å². The summed E-state index contributed by atoms with van der Waals surface area (Å²) in [6.07, 6.45) is 5.04. The molecule has 7 aromatic carbocycles. The molecule has 29 heteroatoms. The van der Waals surface area contributed by atoms with Crippen LogP contribution in [-0.4, -0.2) is 128 Å². The van der Waals surface area contributed by atoms with Gasteiger partial charge in [0.1, 0.15) is 88.6 Å². The number of nitrogens with two attached hydrogens (primary N) is 1. The predicted molar refractivity (Wildman–Crippen MR) is 373 cm³/mol. The second kappa shape index (κ2) is 31.6. The Hall–Kier alpha value is -10.6. The molecule has 0 aliphatic carbocycles. The number of halogens is 2. The van der Waals surface area contributed by atoms with Gasteiger partial charge in [-0.3, -0.25) is 33.6 Å². The Balaban J connectivity index is 1.10. The minimum Gasteiger partial charge on any atom is -0.508 e. The van der Waals surface area contributed by atoms with E-state index in [9.17, 15) is 45.3 Å². The number of aliphatic hydroxyl groups excluding tert-OH is 1. The summed E-state index contributed by atoms with van der Waals surface area (Å²) < 4.78 is 18.7. The van der Waals surface area contributed by atoms with E-state index in [-0.39, 0.29) is 103 Å². The van der Waals surface area contributed by atoms with Gasteiger partial charge in [-0.2, -0.15) is 0 Å². The Morgan fingerprint density at radius 1 is 0.549 bits per heavy atom. The third-order valence-electron chi connectivity index (χ3n) is 18.1. The average molecular weight is 1440 g/mol. The second-order valence-corrected chi connectivity index (χ2v) is 26.6. The summed E-state index contributed by atoms with van der Waals surface area (Å²) in [7, 11) is 3.66. The number of carbonyl (C=O) groups excluding carboxylic acids is 7. The normalized spacial score (nSPS) is 20.4. The lowest BCUT2D eigenvalue weighted by molar-refractivity contribution is -0.137. The number of hydrogen-bond acceptors (Lipinski definition) is 20. The molecule has 27 nitrogen and oxygen atoms in total. The SMILES string of the molecule is CCCCCCCCCNCc1c(O)cc2c(c1O)-c1cc(ccc1O)[C@@H]1NC(=O)[C@H]3NC(=O)[C@H]4NC(=O)[C@H](Cc5ccc(c(Cl)c5)Oc5cc3cc(c5O)Oc3ccc(cc3Cl)C(O)[C@H](NC1=O)C(=O)N[C@@H]2C(=O)NCCCN(C)C)NC(=O)[C@H](N)c1ccc(O)c(c1)Oc1cc(O)cc4c1. The molecule has 6 heterocycles. The molecule has 1 unspecified atom stereocenters. The fourth-order valence-electron chi connectivity index (χ4n) is 12.6. The number of phenols is 6. The van der Waals surface area contributed by atoms with Gasteiger partial charge in [-0.15, -0.1) is 0 Å². The number of rotatable bonds is 15. The number of carbonyl (C=O) groups is 7. The number of phenolic OH excluding ortho intramolecular Hbond substituents is 6. The van der Waals surface area contributed by atoms with Gasteiger partial charge in [0.05, 0.1) is 15.6 Å². The quantitative estimate of drug-likeness (QED) is 0.0435. The van der Waals surface area contributed by atoms with Gasteiger partial charge in [0.25, 0.3) is 0 Å². The first-order chi connectivity index (χ1) is 48.8. The number of aliphatic hydroxyl groups is 1. The lowest BCUT2D eigenvalue weighted by Crippen LogP contribution is -2.56. The maximum atomic E-state index is 16.1. The monoisotopic (exact) mass is 1440 g/mol. The molecule has 6 aliphatic heterocycles. The van der Waals surface area contributed by atoms with Crippen LogP contribution >= 0.6 is 23.2 Å². The highest BCUT2D eigenvalue weighted by atomic mass is 35.5. The van der Waals surface area contributed by atoms with Gasteiger partial charge in [-0.05, 0) is 158 Å². The number of hydrogen-bond donors (Lipinski definition) is 16. The topological polar surface area (TPSA) is 414 Å². The highest BCUT2D eigenvalue weighted by Gasteiger charge is 2.42. The summed E-state index contributed by atoms with van der Waals surface area (Å²) in [5.41, 5.74) is 5.09. The average Bonchev–Trinajstić information content (AvgIpc) is 0.756. The van der Waals surface area contributed by atoms with Crippen molar-refractivity contribution in [2.45, 2.75) is 120 Å². The first-order valence-electron chi connectivity index (χ1n) is 33.3. The molecule has 13 rings (SSSR count). The number of aromatic hydroxyl groups is 6. The number of ether oxygens (including phenoxy) is 3. The van der Waals surface area contributed by atoms with Crippen molar-refractivity contribution in [3.8, 4) is 80.1 Å². The van der Waals surface area contributed by atoms with Crippen LogP contribution in [0.1, 0.15) is 139 Å². The van der Waals surface area contributed by atoms with E-state index in [1.165, 1.54) is 72.8 Å². The zero-order chi connectivity index (χ0) is 72.8. The number of fused-ring (bicyclic) bond motifs is 14.